The number of carbonyl (C=O) groups excluding carboxylic acids is 1. The predicted octanol–water partition coefficient (Wildman–Crippen LogP) is 5.29. The zero-order chi connectivity index (χ0) is 30.7. The van der Waals surface area contributed by atoms with Gasteiger partial charge in [-0.1, -0.05) is 23.7 Å². The van der Waals surface area contributed by atoms with Crippen LogP contribution in [0.2, 0.25) is 5.02 Å². The lowest BCUT2D eigenvalue weighted by Gasteiger charge is -2.38. The molecule has 9 nitrogen and oxygen atoms in total. The molecule has 1 unspecified atom stereocenters. The number of hydrogen-bond donors (Lipinski definition) is 2. The Labute approximate surface area is 258 Å². The Morgan fingerprint density at radius 1 is 1.07 bits per heavy atom. The molecular formula is C33H39ClN6O3. The molecule has 0 aliphatic carbocycles. The van der Waals surface area contributed by atoms with E-state index in [4.69, 9.17) is 16.6 Å². The maximum atomic E-state index is 13.7. The third-order valence-electron chi connectivity index (χ3n) is 8.27. The Hall–Kier alpha value is -3.92. The van der Waals surface area contributed by atoms with Crippen LogP contribution >= 0.6 is 11.6 Å². The fraction of sp³-hybridized carbons (Fsp3) is 0.364. The SMILES string of the molecule is C=N/C=C(/C)C(=Nc1ccc(N2CCN(C(C)C)CC2)cc1O)c1cc2n(c1)CCN(C(CO)c1cccc(Cl)c1)C2=O. The van der Waals surface area contributed by atoms with Gasteiger partial charge in [0.2, 0.25) is 0 Å². The summed E-state index contributed by atoms with van der Waals surface area (Å²) in [6.07, 6.45) is 3.51. The number of nitrogens with zero attached hydrogens (tertiary/aromatic N) is 6. The number of aromatic nitrogens is 1. The molecule has 1 aromatic heterocycles. The van der Waals surface area contributed by atoms with E-state index in [1.165, 1.54) is 0 Å². The number of benzene rings is 2. The summed E-state index contributed by atoms with van der Waals surface area (Å²) in [6, 6.07) is 14.6. The number of carbonyl (C=O) groups is 1. The van der Waals surface area contributed by atoms with Gasteiger partial charge in [0.15, 0.2) is 0 Å². The van der Waals surface area contributed by atoms with Gasteiger partial charge in [0.05, 0.1) is 18.4 Å². The van der Waals surface area contributed by atoms with Crippen molar-refractivity contribution in [2.45, 2.75) is 39.4 Å². The van der Waals surface area contributed by atoms with Crippen molar-refractivity contribution in [2.75, 3.05) is 44.2 Å². The molecule has 3 aromatic rings. The smallest absolute Gasteiger partial charge is 0.271 e. The van der Waals surface area contributed by atoms with Crippen LogP contribution in [0.1, 0.15) is 48.4 Å². The predicted molar refractivity (Wildman–Crippen MR) is 173 cm³/mol. The maximum Gasteiger partial charge on any atom is 0.271 e. The highest BCUT2D eigenvalue weighted by Gasteiger charge is 2.32. The van der Waals surface area contributed by atoms with Crippen LogP contribution in [0.3, 0.4) is 0 Å². The molecule has 1 amide bonds. The third kappa shape index (κ3) is 6.54. The molecule has 3 heterocycles. The van der Waals surface area contributed by atoms with Crippen LogP contribution in [0.5, 0.6) is 5.75 Å². The molecule has 1 saturated heterocycles. The van der Waals surface area contributed by atoms with Crippen molar-refractivity contribution in [1.29, 1.82) is 0 Å². The highest BCUT2D eigenvalue weighted by atomic mass is 35.5. The number of rotatable bonds is 9. The fourth-order valence-electron chi connectivity index (χ4n) is 5.86. The number of allylic oxidation sites excluding steroid dienone is 1. The number of aliphatic hydroxyl groups excluding tert-OH is 1. The summed E-state index contributed by atoms with van der Waals surface area (Å²) in [6.45, 7) is 14.4. The topological polar surface area (TPSA) is 96.9 Å². The third-order valence-corrected chi connectivity index (χ3v) is 8.51. The van der Waals surface area contributed by atoms with Gasteiger partial charge in [-0.3, -0.25) is 14.7 Å². The second-order valence-corrected chi connectivity index (χ2v) is 11.7. The highest BCUT2D eigenvalue weighted by molar-refractivity contribution is 6.30. The maximum absolute atomic E-state index is 13.7. The van der Waals surface area contributed by atoms with Crippen molar-refractivity contribution in [3.63, 3.8) is 0 Å². The molecule has 1 fully saturated rings. The quantitative estimate of drug-likeness (QED) is 0.324. The summed E-state index contributed by atoms with van der Waals surface area (Å²) in [5, 5.41) is 21.8. The molecule has 0 saturated carbocycles. The molecule has 0 radical (unpaired) electrons. The summed E-state index contributed by atoms with van der Waals surface area (Å²) >= 11 is 6.20. The lowest BCUT2D eigenvalue weighted by atomic mass is 10.0. The van der Waals surface area contributed by atoms with Crippen LogP contribution in [-0.2, 0) is 6.54 Å². The van der Waals surface area contributed by atoms with E-state index in [2.05, 4.69) is 35.4 Å². The van der Waals surface area contributed by atoms with Crippen LogP contribution in [0.4, 0.5) is 11.4 Å². The fourth-order valence-corrected chi connectivity index (χ4v) is 6.06. The lowest BCUT2D eigenvalue weighted by molar-refractivity contribution is 0.0526. The Morgan fingerprint density at radius 3 is 2.49 bits per heavy atom. The molecular weight excluding hydrogens is 564 g/mol. The molecule has 43 heavy (non-hydrogen) atoms. The van der Waals surface area contributed by atoms with E-state index in [9.17, 15) is 15.0 Å². The first-order valence-corrected chi connectivity index (χ1v) is 15.0. The van der Waals surface area contributed by atoms with Gasteiger partial charge in [-0.15, -0.1) is 0 Å². The minimum absolute atomic E-state index is 0.0826. The minimum atomic E-state index is -0.512. The normalized spacial score (nSPS) is 17.4. The second kappa shape index (κ2) is 13.2. The molecule has 2 aliphatic rings. The number of phenols is 1. The number of aromatic hydroxyl groups is 1. The number of piperazine rings is 1. The van der Waals surface area contributed by atoms with Gasteiger partial charge >= 0.3 is 0 Å². The average molecular weight is 603 g/mol. The van der Waals surface area contributed by atoms with Gasteiger partial charge in [0.1, 0.15) is 17.1 Å². The molecule has 2 N–H and O–H groups in total. The first kappa shape index (κ1) is 30.5. The number of fused-ring (bicyclic) bond motifs is 1. The van der Waals surface area contributed by atoms with E-state index >= 15 is 0 Å². The Kier molecular flexibility index (Phi) is 9.34. The number of anilines is 1. The Balaban J connectivity index is 1.43. The van der Waals surface area contributed by atoms with Crippen molar-refractivity contribution in [3.05, 3.63) is 88.3 Å². The van der Waals surface area contributed by atoms with E-state index in [-0.39, 0.29) is 18.3 Å². The Bertz CT molecular complexity index is 1550. The molecule has 1 atom stereocenters. The van der Waals surface area contributed by atoms with E-state index in [1.54, 1.807) is 35.4 Å². The molecule has 226 valence electrons. The van der Waals surface area contributed by atoms with Gasteiger partial charge in [-0.25, -0.2) is 4.99 Å². The largest absolute Gasteiger partial charge is 0.506 e. The van der Waals surface area contributed by atoms with Gasteiger partial charge < -0.3 is 24.6 Å². The molecule has 10 heteroatoms. The van der Waals surface area contributed by atoms with Crippen molar-refractivity contribution in [2.24, 2.45) is 9.98 Å². The standard InChI is InChI=1S/C33H39ClN6O3/c1-22(2)37-10-12-38(13-11-37)27-8-9-28(31(42)18-27)36-32(23(3)19-35-4)25-17-29-33(43)40(15-14-39(29)20-25)30(21-41)24-6-5-7-26(34)16-24/h5-9,16-20,22,30,41-42H,4,10-15,21H2,1-3H3/b23-19-,36-32?. The second-order valence-electron chi connectivity index (χ2n) is 11.3. The molecule has 2 aromatic carbocycles. The zero-order valence-electron chi connectivity index (χ0n) is 24.9. The van der Waals surface area contributed by atoms with Crippen molar-refractivity contribution in [1.82, 2.24) is 14.4 Å². The van der Waals surface area contributed by atoms with Crippen LogP contribution in [0, 0.1) is 0 Å². The van der Waals surface area contributed by atoms with Crippen LogP contribution in [0.15, 0.2) is 76.5 Å². The summed E-state index contributed by atoms with van der Waals surface area (Å²) in [4.78, 5) is 28.9. The Morgan fingerprint density at radius 2 is 1.84 bits per heavy atom. The van der Waals surface area contributed by atoms with Gasteiger partial charge in [-0.05, 0) is 69.0 Å². The van der Waals surface area contributed by atoms with Gasteiger partial charge in [0, 0.05) is 80.0 Å². The zero-order valence-corrected chi connectivity index (χ0v) is 25.7. The van der Waals surface area contributed by atoms with Crippen molar-refractivity contribution < 1.29 is 15.0 Å². The number of phenolic OH excluding ortho intramolecular Hbond substituents is 1. The van der Waals surface area contributed by atoms with E-state index in [0.29, 0.717) is 41.2 Å². The van der Waals surface area contributed by atoms with Crippen molar-refractivity contribution in [3.8, 4) is 5.75 Å². The summed E-state index contributed by atoms with van der Waals surface area (Å²) in [7, 11) is 0. The number of halogens is 1. The minimum Gasteiger partial charge on any atom is -0.506 e. The molecule has 2 aliphatic heterocycles. The number of aliphatic imine (C=N–C) groups is 2. The van der Waals surface area contributed by atoms with Gasteiger partial charge in [0.25, 0.3) is 5.91 Å². The van der Waals surface area contributed by atoms with Crippen molar-refractivity contribution >= 4 is 41.3 Å². The first-order chi connectivity index (χ1) is 20.7. The number of hydrogen-bond acceptors (Lipinski definition) is 7. The average Bonchev–Trinajstić information content (AvgIpc) is 3.43. The summed E-state index contributed by atoms with van der Waals surface area (Å²) in [5.74, 6) is -0.108. The molecule has 0 spiro atoms. The van der Waals surface area contributed by atoms with E-state index in [0.717, 1.165) is 48.6 Å². The van der Waals surface area contributed by atoms with E-state index < -0.39 is 6.04 Å². The molecule has 0 bridgehead atoms. The van der Waals surface area contributed by atoms with Crippen LogP contribution in [0.25, 0.3) is 0 Å². The monoisotopic (exact) mass is 602 g/mol. The van der Waals surface area contributed by atoms with Crippen LogP contribution in [-0.4, -0.2) is 88.3 Å². The highest BCUT2D eigenvalue weighted by Crippen LogP contribution is 2.34. The summed E-state index contributed by atoms with van der Waals surface area (Å²) < 4.78 is 1.91. The van der Waals surface area contributed by atoms with Gasteiger partial charge in [-0.2, -0.15) is 0 Å². The summed E-state index contributed by atoms with van der Waals surface area (Å²) in [5.41, 5.74) is 4.70. The van der Waals surface area contributed by atoms with E-state index in [1.807, 2.05) is 42.0 Å². The number of aliphatic hydroxyl groups is 1. The first-order valence-electron chi connectivity index (χ1n) is 14.6. The lowest BCUT2D eigenvalue weighted by Crippen LogP contribution is -2.48. The molecule has 5 rings (SSSR count). The number of amides is 1. The van der Waals surface area contributed by atoms with Crippen LogP contribution < -0.4 is 4.90 Å².